The van der Waals surface area contributed by atoms with E-state index in [9.17, 15) is 0 Å². The van der Waals surface area contributed by atoms with Crippen LogP contribution in [0.1, 0.15) is 11.1 Å². The van der Waals surface area contributed by atoms with Crippen LogP contribution in [-0.4, -0.2) is 0 Å². The molecule has 3 aromatic rings. The third-order valence-electron chi connectivity index (χ3n) is 3.62. The predicted octanol–water partition coefficient (Wildman–Crippen LogP) is 4.64. The zero-order valence-corrected chi connectivity index (χ0v) is 14.1. The van der Waals surface area contributed by atoms with Gasteiger partial charge in [-0.15, -0.1) is 0 Å². The highest BCUT2D eigenvalue weighted by molar-refractivity contribution is 7.85. The van der Waals surface area contributed by atoms with Crippen molar-refractivity contribution in [2.75, 3.05) is 0 Å². The van der Waals surface area contributed by atoms with E-state index in [0.29, 0.717) is 0 Å². The molecule has 0 N–H and O–H groups in total. The van der Waals surface area contributed by atoms with Gasteiger partial charge in [-0.05, 0) is 55.4 Å². The Bertz CT molecular complexity index is 682. The molecule has 0 spiro atoms. The highest BCUT2D eigenvalue weighted by atomic mass is 31.1. The smallest absolute Gasteiger partial charge is 0.0123 e. The molecule has 1 aromatic heterocycles. The third-order valence-corrected chi connectivity index (χ3v) is 7.69. The average molecular weight is 308 g/mol. The van der Waals surface area contributed by atoms with E-state index in [1.165, 1.54) is 35.0 Å². The van der Waals surface area contributed by atoms with Crippen molar-refractivity contribution in [1.82, 2.24) is 0 Å². The van der Waals surface area contributed by atoms with Crippen LogP contribution in [0.3, 0.4) is 0 Å². The van der Waals surface area contributed by atoms with Gasteiger partial charge in [0.25, 0.3) is 0 Å². The minimum Gasteiger partial charge on any atom is -0.0670 e. The van der Waals surface area contributed by atoms with E-state index in [1.807, 2.05) is 0 Å². The van der Waals surface area contributed by atoms with Crippen LogP contribution in [0.5, 0.6) is 0 Å². The van der Waals surface area contributed by atoms with Gasteiger partial charge in [0.05, 0.1) is 0 Å². The molecule has 0 aliphatic rings. The summed E-state index contributed by atoms with van der Waals surface area (Å²) in [6.07, 6.45) is 0. The summed E-state index contributed by atoms with van der Waals surface area (Å²) in [6.45, 7) is 4.41. The molecule has 0 atom stereocenters. The Kier molecular flexibility index (Phi) is 4.49. The standard InChI is InChI=1S/C19H18P2/c1-15-13-19(20-14-16(15)2)21(17-9-5-3-6-10-17)18-11-7-4-8-12-18/h3-14H,1-2H3. The molecule has 104 valence electrons. The number of hydrogen-bond acceptors (Lipinski definition) is 0. The molecule has 0 nitrogen and oxygen atoms in total. The van der Waals surface area contributed by atoms with Crippen molar-refractivity contribution in [2.45, 2.75) is 13.8 Å². The normalized spacial score (nSPS) is 11.2. The lowest BCUT2D eigenvalue weighted by Crippen LogP contribution is -2.19. The van der Waals surface area contributed by atoms with Crippen LogP contribution < -0.4 is 15.6 Å². The number of benzene rings is 2. The van der Waals surface area contributed by atoms with Crippen molar-refractivity contribution in [3.8, 4) is 0 Å². The first-order valence-electron chi connectivity index (χ1n) is 7.09. The van der Waals surface area contributed by atoms with Crippen molar-refractivity contribution in [3.05, 3.63) is 83.7 Å². The maximum Gasteiger partial charge on any atom is 0.0123 e. The van der Waals surface area contributed by atoms with E-state index >= 15 is 0 Å². The lowest BCUT2D eigenvalue weighted by atomic mass is 10.2. The summed E-state index contributed by atoms with van der Waals surface area (Å²) < 4.78 is 0. The van der Waals surface area contributed by atoms with E-state index in [0.717, 1.165) is 0 Å². The van der Waals surface area contributed by atoms with Crippen LogP contribution in [-0.2, 0) is 0 Å². The minimum atomic E-state index is -0.431. The van der Waals surface area contributed by atoms with Crippen LogP contribution in [0.2, 0.25) is 0 Å². The molecular weight excluding hydrogens is 290 g/mol. The molecule has 0 fully saturated rings. The summed E-state index contributed by atoms with van der Waals surface area (Å²) in [5.41, 5.74) is 2.79. The fourth-order valence-electron chi connectivity index (χ4n) is 2.30. The van der Waals surface area contributed by atoms with E-state index in [-0.39, 0.29) is 0 Å². The first-order valence-corrected chi connectivity index (χ1v) is 9.40. The van der Waals surface area contributed by atoms with Crippen LogP contribution in [0.25, 0.3) is 0 Å². The molecule has 21 heavy (non-hydrogen) atoms. The van der Waals surface area contributed by atoms with Crippen LogP contribution >= 0.6 is 16.1 Å². The van der Waals surface area contributed by atoms with Gasteiger partial charge in [-0.3, -0.25) is 0 Å². The molecule has 0 saturated heterocycles. The van der Waals surface area contributed by atoms with Gasteiger partial charge in [0.2, 0.25) is 0 Å². The first-order chi connectivity index (χ1) is 10.3. The molecule has 2 aromatic carbocycles. The Balaban J connectivity index is 2.14. The Morgan fingerprint density at radius 1 is 0.714 bits per heavy atom. The molecule has 3 rings (SSSR count). The zero-order valence-electron chi connectivity index (χ0n) is 12.3. The van der Waals surface area contributed by atoms with Crippen molar-refractivity contribution < 1.29 is 0 Å². The van der Waals surface area contributed by atoms with Crippen molar-refractivity contribution in [1.29, 1.82) is 0 Å². The second kappa shape index (κ2) is 6.52. The zero-order chi connectivity index (χ0) is 14.7. The van der Waals surface area contributed by atoms with Gasteiger partial charge in [0.1, 0.15) is 0 Å². The topological polar surface area (TPSA) is 0 Å². The summed E-state index contributed by atoms with van der Waals surface area (Å²) >= 11 is 0. The summed E-state index contributed by atoms with van der Waals surface area (Å²) in [4.78, 5) is 0. The molecule has 0 radical (unpaired) electrons. The number of rotatable bonds is 3. The lowest BCUT2D eigenvalue weighted by molar-refractivity contribution is 1.38. The quantitative estimate of drug-likeness (QED) is 0.618. The molecule has 1 heterocycles. The number of hydrogen-bond donors (Lipinski definition) is 0. The van der Waals surface area contributed by atoms with Crippen molar-refractivity contribution in [3.63, 3.8) is 0 Å². The number of aryl methyl sites for hydroxylation is 2. The van der Waals surface area contributed by atoms with Gasteiger partial charge < -0.3 is 0 Å². The monoisotopic (exact) mass is 308 g/mol. The largest absolute Gasteiger partial charge is 0.0670 e. The molecular formula is C19H18P2. The van der Waals surface area contributed by atoms with Crippen LogP contribution in [0.4, 0.5) is 0 Å². The fraction of sp³-hybridized carbons (Fsp3) is 0.105. The summed E-state index contributed by atoms with van der Waals surface area (Å²) in [7, 11) is 0.907. The van der Waals surface area contributed by atoms with Crippen molar-refractivity contribution >= 4 is 31.8 Å². The molecule has 0 saturated carbocycles. The molecule has 0 unspecified atom stereocenters. The Hall–Kier alpha value is -1.48. The Morgan fingerprint density at radius 3 is 1.71 bits per heavy atom. The van der Waals surface area contributed by atoms with E-state index < -0.39 is 7.92 Å². The maximum absolute atomic E-state index is 2.39. The minimum absolute atomic E-state index is 0.431. The first kappa shape index (κ1) is 14.5. The van der Waals surface area contributed by atoms with Crippen LogP contribution in [0, 0.1) is 13.8 Å². The maximum atomic E-state index is 2.39. The van der Waals surface area contributed by atoms with Crippen LogP contribution in [0.15, 0.2) is 72.5 Å². The molecule has 0 amide bonds. The van der Waals surface area contributed by atoms with Gasteiger partial charge in [0, 0.05) is 5.04 Å². The summed E-state index contributed by atoms with van der Waals surface area (Å²) in [5, 5.41) is 4.38. The third kappa shape index (κ3) is 3.24. The average Bonchev–Trinajstić information content (AvgIpc) is 2.53. The van der Waals surface area contributed by atoms with Gasteiger partial charge in [-0.25, -0.2) is 0 Å². The van der Waals surface area contributed by atoms with Gasteiger partial charge in [-0.2, -0.15) is 0 Å². The Labute approximate surface area is 129 Å². The molecule has 0 aliphatic heterocycles. The van der Waals surface area contributed by atoms with Crippen molar-refractivity contribution in [2.24, 2.45) is 0 Å². The molecule has 2 heteroatoms. The van der Waals surface area contributed by atoms with E-state index in [1.54, 1.807) is 0 Å². The SMILES string of the molecule is Cc1cpc(P(c2ccccc2)c2ccccc2)cc1C. The fourth-order valence-corrected chi connectivity index (χ4v) is 6.52. The lowest BCUT2D eigenvalue weighted by Gasteiger charge is -2.19. The van der Waals surface area contributed by atoms with Gasteiger partial charge in [-0.1, -0.05) is 68.9 Å². The molecule has 0 aliphatic carbocycles. The highest BCUT2D eigenvalue weighted by Gasteiger charge is 2.16. The highest BCUT2D eigenvalue weighted by Crippen LogP contribution is 2.36. The van der Waals surface area contributed by atoms with E-state index in [4.69, 9.17) is 0 Å². The van der Waals surface area contributed by atoms with Gasteiger partial charge >= 0.3 is 0 Å². The second-order valence-electron chi connectivity index (χ2n) is 5.13. The summed E-state index contributed by atoms with van der Waals surface area (Å²) in [6, 6.07) is 24.2. The predicted molar refractivity (Wildman–Crippen MR) is 97.1 cm³/mol. The van der Waals surface area contributed by atoms with Gasteiger partial charge in [0.15, 0.2) is 0 Å². The summed E-state index contributed by atoms with van der Waals surface area (Å²) in [5.74, 6) is 2.34. The van der Waals surface area contributed by atoms with E-state index in [2.05, 4.69) is 86.4 Å². The molecule has 0 bridgehead atoms. The second-order valence-corrected chi connectivity index (χ2v) is 8.67. The Morgan fingerprint density at radius 2 is 1.24 bits per heavy atom.